The van der Waals surface area contributed by atoms with Crippen LogP contribution in [0.15, 0.2) is 12.1 Å². The minimum atomic E-state index is -0.459. The largest absolute Gasteiger partial charge is 0.377 e. The third-order valence-electron chi connectivity index (χ3n) is 3.08. The lowest BCUT2D eigenvalue weighted by atomic mass is 10.0. The molecule has 0 spiro atoms. The molecule has 1 aliphatic heterocycles. The van der Waals surface area contributed by atoms with Crippen molar-refractivity contribution >= 4 is 17.3 Å². The number of rotatable bonds is 3. The van der Waals surface area contributed by atoms with Gasteiger partial charge in [0.15, 0.2) is 0 Å². The summed E-state index contributed by atoms with van der Waals surface area (Å²) in [5.74, 6) is 6.10. The summed E-state index contributed by atoms with van der Waals surface area (Å²) in [6.07, 6.45) is 0. The van der Waals surface area contributed by atoms with Gasteiger partial charge in [-0.3, -0.25) is 10.1 Å². The quantitative estimate of drug-likeness (QED) is 0.475. The van der Waals surface area contributed by atoms with Gasteiger partial charge in [-0.1, -0.05) is 0 Å². The van der Waals surface area contributed by atoms with Gasteiger partial charge in [-0.15, -0.1) is 0 Å². The van der Waals surface area contributed by atoms with Gasteiger partial charge < -0.3 is 15.1 Å². The van der Waals surface area contributed by atoms with Crippen LogP contribution in [0.4, 0.5) is 17.3 Å². The summed E-state index contributed by atoms with van der Waals surface area (Å²) < 4.78 is 5.43. The number of hydrogen-bond donors (Lipinski definition) is 2. The van der Waals surface area contributed by atoms with Crippen molar-refractivity contribution in [3.05, 3.63) is 22.2 Å². The molecule has 2 rings (SSSR count). The number of nitrogen functional groups attached to an aromatic ring is 1. The summed E-state index contributed by atoms with van der Waals surface area (Å²) >= 11 is 0. The van der Waals surface area contributed by atoms with E-state index in [9.17, 15) is 10.1 Å². The summed E-state index contributed by atoms with van der Waals surface area (Å²) in [5.41, 5.74) is 2.04. The zero-order chi connectivity index (χ0) is 14.0. The van der Waals surface area contributed by atoms with Gasteiger partial charge in [0.2, 0.25) is 0 Å². The lowest BCUT2D eigenvalue weighted by Gasteiger charge is -2.42. The summed E-state index contributed by atoms with van der Waals surface area (Å²) in [4.78, 5) is 16.7. The molecule has 2 heterocycles. The van der Waals surface area contributed by atoms with Crippen LogP contribution in [-0.4, -0.2) is 35.2 Å². The van der Waals surface area contributed by atoms with Gasteiger partial charge in [-0.2, -0.15) is 0 Å². The molecule has 104 valence electrons. The number of aromatic nitrogens is 1. The van der Waals surface area contributed by atoms with Crippen LogP contribution >= 0.6 is 0 Å². The molecule has 3 N–H and O–H groups in total. The van der Waals surface area contributed by atoms with Gasteiger partial charge in [0.1, 0.15) is 11.6 Å². The van der Waals surface area contributed by atoms with Crippen LogP contribution < -0.4 is 16.2 Å². The molecule has 1 saturated heterocycles. The predicted molar refractivity (Wildman–Crippen MR) is 70.9 cm³/mol. The molecular weight excluding hydrogens is 250 g/mol. The number of nitrogens with one attached hydrogen (secondary N) is 1. The van der Waals surface area contributed by atoms with Crippen molar-refractivity contribution in [2.24, 2.45) is 5.84 Å². The van der Waals surface area contributed by atoms with Crippen LogP contribution in [0.2, 0.25) is 0 Å². The Bertz CT molecular complexity index is 491. The summed E-state index contributed by atoms with van der Waals surface area (Å²) in [7, 11) is 0. The highest BCUT2D eigenvalue weighted by molar-refractivity contribution is 5.56. The number of hydrogen-bond acceptors (Lipinski definition) is 7. The van der Waals surface area contributed by atoms with Gasteiger partial charge in [0.05, 0.1) is 35.8 Å². The first-order valence-corrected chi connectivity index (χ1v) is 5.92. The normalized spacial score (nSPS) is 18.2. The van der Waals surface area contributed by atoms with Crippen molar-refractivity contribution in [2.75, 3.05) is 30.1 Å². The van der Waals surface area contributed by atoms with E-state index in [0.29, 0.717) is 25.6 Å². The number of morpholine rings is 1. The fourth-order valence-electron chi connectivity index (χ4n) is 2.10. The predicted octanol–water partition coefficient (Wildman–Crippen LogP) is 0.891. The molecule has 1 aromatic heterocycles. The molecule has 1 aromatic rings. The minimum Gasteiger partial charge on any atom is -0.377 e. The Morgan fingerprint density at radius 3 is 2.89 bits per heavy atom. The molecule has 0 radical (unpaired) electrons. The summed E-state index contributed by atoms with van der Waals surface area (Å²) in [6, 6.07) is 2.75. The first-order chi connectivity index (χ1) is 8.94. The molecule has 8 nitrogen and oxygen atoms in total. The second kappa shape index (κ2) is 4.98. The Hall–Kier alpha value is -1.93. The van der Waals surface area contributed by atoms with E-state index in [1.54, 1.807) is 0 Å². The molecule has 1 aliphatic rings. The smallest absolute Gasteiger partial charge is 0.276 e. The lowest BCUT2D eigenvalue weighted by molar-refractivity contribution is -0.384. The van der Waals surface area contributed by atoms with Crippen molar-refractivity contribution in [3.8, 4) is 0 Å². The highest BCUT2D eigenvalue weighted by Crippen LogP contribution is 2.29. The maximum Gasteiger partial charge on any atom is 0.276 e. The average molecular weight is 267 g/mol. The van der Waals surface area contributed by atoms with Crippen LogP contribution in [0.1, 0.15) is 13.8 Å². The molecule has 0 aromatic carbocycles. The monoisotopic (exact) mass is 267 g/mol. The van der Waals surface area contributed by atoms with Gasteiger partial charge in [-0.05, 0) is 13.8 Å². The second-order valence-corrected chi connectivity index (χ2v) is 4.99. The zero-order valence-corrected chi connectivity index (χ0v) is 10.9. The Morgan fingerprint density at radius 1 is 1.58 bits per heavy atom. The molecule has 0 atom stereocenters. The highest BCUT2D eigenvalue weighted by Gasteiger charge is 2.32. The van der Waals surface area contributed by atoms with Crippen LogP contribution in [0.5, 0.6) is 0 Å². The standard InChI is InChI=1S/C11H17N5O3/c1-11(2)7-19-4-3-15(11)10-6-8(16(17)18)5-9(13-10)14-12/h5-6H,3-4,7,12H2,1-2H3,(H,13,14). The van der Waals surface area contributed by atoms with Gasteiger partial charge >= 0.3 is 0 Å². The number of nitro groups is 1. The molecule has 0 saturated carbocycles. The molecule has 0 amide bonds. The molecule has 0 bridgehead atoms. The Balaban J connectivity index is 2.42. The molecule has 1 fully saturated rings. The SMILES string of the molecule is CC1(C)COCCN1c1cc([N+](=O)[O-])cc(NN)n1. The Labute approximate surface area is 110 Å². The van der Waals surface area contributed by atoms with E-state index in [1.165, 1.54) is 12.1 Å². The molecule has 0 aliphatic carbocycles. The van der Waals surface area contributed by atoms with E-state index in [-0.39, 0.29) is 17.0 Å². The second-order valence-electron chi connectivity index (χ2n) is 4.99. The van der Waals surface area contributed by atoms with E-state index in [4.69, 9.17) is 10.6 Å². The van der Waals surface area contributed by atoms with Crippen molar-refractivity contribution in [1.29, 1.82) is 0 Å². The zero-order valence-electron chi connectivity index (χ0n) is 10.9. The van der Waals surface area contributed by atoms with Gasteiger partial charge in [-0.25, -0.2) is 10.8 Å². The van der Waals surface area contributed by atoms with Gasteiger partial charge in [0.25, 0.3) is 5.69 Å². The summed E-state index contributed by atoms with van der Waals surface area (Å²) in [5, 5.41) is 10.9. The first kappa shape index (κ1) is 13.5. The first-order valence-electron chi connectivity index (χ1n) is 5.92. The topological polar surface area (TPSA) is 107 Å². The van der Waals surface area contributed by atoms with Gasteiger partial charge in [0, 0.05) is 6.54 Å². The lowest BCUT2D eigenvalue weighted by Crippen LogP contribution is -2.53. The van der Waals surface area contributed by atoms with E-state index in [1.807, 2.05) is 18.7 Å². The van der Waals surface area contributed by atoms with Crippen LogP contribution in [0.25, 0.3) is 0 Å². The number of anilines is 2. The number of ether oxygens (including phenoxy) is 1. The van der Waals surface area contributed by atoms with Crippen LogP contribution in [0, 0.1) is 10.1 Å². The Kier molecular flexibility index (Phi) is 3.54. The van der Waals surface area contributed by atoms with Crippen molar-refractivity contribution in [3.63, 3.8) is 0 Å². The fourth-order valence-corrected chi connectivity index (χ4v) is 2.10. The maximum atomic E-state index is 10.9. The molecule has 0 unspecified atom stereocenters. The third-order valence-corrected chi connectivity index (χ3v) is 3.08. The fraction of sp³-hybridized carbons (Fsp3) is 0.545. The molecular formula is C11H17N5O3. The van der Waals surface area contributed by atoms with Crippen molar-refractivity contribution in [2.45, 2.75) is 19.4 Å². The van der Waals surface area contributed by atoms with E-state index in [0.717, 1.165) is 0 Å². The van der Waals surface area contributed by atoms with Crippen molar-refractivity contribution < 1.29 is 9.66 Å². The van der Waals surface area contributed by atoms with Crippen LogP contribution in [-0.2, 0) is 4.74 Å². The number of hydrazine groups is 1. The number of nitrogens with two attached hydrogens (primary N) is 1. The maximum absolute atomic E-state index is 10.9. The number of pyridine rings is 1. The van der Waals surface area contributed by atoms with E-state index >= 15 is 0 Å². The van der Waals surface area contributed by atoms with Crippen molar-refractivity contribution in [1.82, 2.24) is 4.98 Å². The van der Waals surface area contributed by atoms with E-state index < -0.39 is 4.92 Å². The summed E-state index contributed by atoms with van der Waals surface area (Å²) in [6.45, 7) is 5.75. The van der Waals surface area contributed by atoms with Crippen LogP contribution in [0.3, 0.4) is 0 Å². The minimum absolute atomic E-state index is 0.0414. The molecule has 19 heavy (non-hydrogen) atoms. The highest BCUT2D eigenvalue weighted by atomic mass is 16.6. The Morgan fingerprint density at radius 2 is 2.32 bits per heavy atom. The average Bonchev–Trinajstić information content (AvgIpc) is 2.37. The third kappa shape index (κ3) is 2.74. The molecule has 8 heteroatoms. The van der Waals surface area contributed by atoms with E-state index in [2.05, 4.69) is 10.4 Å². The number of nitrogens with zero attached hydrogens (tertiary/aromatic N) is 3.